The first kappa shape index (κ1) is 26.7. The van der Waals surface area contributed by atoms with Gasteiger partial charge in [-0.1, -0.05) is 25.6 Å². The Morgan fingerprint density at radius 2 is 1.89 bits per heavy atom. The number of hydrogen-bond donors (Lipinski definition) is 3. The monoisotopic (exact) mass is 503 g/mol. The number of nitriles is 2. The molecule has 0 saturated carbocycles. The van der Waals surface area contributed by atoms with Gasteiger partial charge in [-0.15, -0.1) is 11.8 Å². The topological polar surface area (TPSA) is 148 Å². The van der Waals surface area contributed by atoms with Gasteiger partial charge in [-0.05, 0) is 48.6 Å². The van der Waals surface area contributed by atoms with E-state index >= 15 is 0 Å². The highest BCUT2D eigenvalue weighted by Gasteiger charge is 2.27. The molecule has 1 aromatic carbocycles. The number of thioether (sulfide) groups is 1. The van der Waals surface area contributed by atoms with Gasteiger partial charge in [0.2, 0.25) is 11.8 Å². The largest absolute Gasteiger partial charge is 0.355 e. The summed E-state index contributed by atoms with van der Waals surface area (Å²) in [4.78, 5) is 30.0. The quantitative estimate of drug-likeness (QED) is 0.349. The van der Waals surface area contributed by atoms with Crippen molar-refractivity contribution in [1.29, 1.82) is 10.5 Å². The molecule has 0 radical (unpaired) electrons. The molecule has 0 bridgehead atoms. The highest BCUT2D eigenvalue weighted by molar-refractivity contribution is 7.98. The molecule has 0 spiro atoms. The van der Waals surface area contributed by atoms with Gasteiger partial charge in [0.15, 0.2) is 0 Å². The molecular weight excluding hydrogens is 474 g/mol. The maximum absolute atomic E-state index is 11.6. The summed E-state index contributed by atoms with van der Waals surface area (Å²) in [5.41, 5.74) is 8.65. The summed E-state index contributed by atoms with van der Waals surface area (Å²) in [6, 6.07) is 12.0. The van der Waals surface area contributed by atoms with Crippen LogP contribution in [0.5, 0.6) is 0 Å². The summed E-state index contributed by atoms with van der Waals surface area (Å²) in [5, 5.41) is 26.1. The molecule has 2 aromatic rings. The van der Waals surface area contributed by atoms with Gasteiger partial charge in [0.25, 0.3) is 0 Å². The molecule has 0 aliphatic carbocycles. The standard InChI is InChI=1S/C26H29N7O2S/c1-3-20-21(13-27)25(33-11-9-19(10-12-33)31-24(35)15-29)32-26(22(20)14-28)36-16-17-5-7-18(8-6-17)30-23(34)4-2/h4-8,19H,2-3,9-12,15-16,29H2,1H3,(H,30,34)(H,31,35). The molecule has 1 saturated heterocycles. The number of nitrogens with one attached hydrogen (secondary N) is 2. The third-order valence-corrected chi connectivity index (χ3v) is 7.00. The second-order valence-electron chi connectivity index (χ2n) is 8.26. The van der Waals surface area contributed by atoms with E-state index in [9.17, 15) is 20.1 Å². The third-order valence-electron chi connectivity index (χ3n) is 5.95. The molecule has 3 rings (SSSR count). The van der Waals surface area contributed by atoms with Crippen molar-refractivity contribution in [2.75, 3.05) is 29.9 Å². The predicted molar refractivity (Wildman–Crippen MR) is 140 cm³/mol. The van der Waals surface area contributed by atoms with E-state index in [1.165, 1.54) is 17.8 Å². The number of pyridine rings is 1. The van der Waals surface area contributed by atoms with E-state index in [1.807, 2.05) is 31.2 Å². The first-order chi connectivity index (χ1) is 17.4. The van der Waals surface area contributed by atoms with Crippen LogP contribution in [0, 0.1) is 22.7 Å². The molecule has 2 amide bonds. The van der Waals surface area contributed by atoms with Crippen LogP contribution in [0.1, 0.15) is 42.0 Å². The van der Waals surface area contributed by atoms with Crippen LogP contribution < -0.4 is 21.3 Å². The fourth-order valence-electron chi connectivity index (χ4n) is 4.07. The van der Waals surface area contributed by atoms with Crippen molar-refractivity contribution in [2.24, 2.45) is 5.73 Å². The van der Waals surface area contributed by atoms with Crippen molar-refractivity contribution >= 4 is 35.1 Å². The van der Waals surface area contributed by atoms with Gasteiger partial charge in [0.05, 0.1) is 17.7 Å². The number of carbonyl (C=O) groups excluding carboxylic acids is 2. The smallest absolute Gasteiger partial charge is 0.247 e. The molecule has 0 atom stereocenters. The lowest BCUT2D eigenvalue weighted by atomic mass is 10.00. The number of hydrogen-bond acceptors (Lipinski definition) is 8. The first-order valence-electron chi connectivity index (χ1n) is 11.7. The fraction of sp³-hybridized carbons (Fsp3) is 0.346. The lowest BCUT2D eigenvalue weighted by Crippen LogP contribution is -2.46. The van der Waals surface area contributed by atoms with Gasteiger partial charge in [-0.25, -0.2) is 4.98 Å². The normalized spacial score (nSPS) is 13.4. The molecule has 9 nitrogen and oxygen atoms in total. The molecule has 36 heavy (non-hydrogen) atoms. The second kappa shape index (κ2) is 12.7. The van der Waals surface area contributed by atoms with E-state index in [1.54, 1.807) is 0 Å². The van der Waals surface area contributed by atoms with Crippen molar-refractivity contribution in [3.8, 4) is 12.1 Å². The zero-order chi connectivity index (χ0) is 26.1. The second-order valence-corrected chi connectivity index (χ2v) is 9.22. The van der Waals surface area contributed by atoms with E-state index in [0.29, 0.717) is 58.5 Å². The number of rotatable bonds is 9. The van der Waals surface area contributed by atoms with Crippen molar-refractivity contribution in [3.05, 3.63) is 59.2 Å². The van der Waals surface area contributed by atoms with E-state index in [-0.39, 0.29) is 24.4 Å². The Labute approximate surface area is 215 Å². The maximum Gasteiger partial charge on any atom is 0.247 e. The maximum atomic E-state index is 11.6. The number of nitrogens with two attached hydrogens (primary N) is 1. The van der Waals surface area contributed by atoms with Gasteiger partial charge < -0.3 is 21.3 Å². The van der Waals surface area contributed by atoms with Gasteiger partial charge in [0.1, 0.15) is 23.0 Å². The van der Waals surface area contributed by atoms with Gasteiger partial charge in [-0.2, -0.15) is 10.5 Å². The van der Waals surface area contributed by atoms with Crippen LogP contribution in [0.3, 0.4) is 0 Å². The number of nitrogens with zero attached hydrogens (tertiary/aromatic N) is 4. The Kier molecular flexibility index (Phi) is 9.46. The summed E-state index contributed by atoms with van der Waals surface area (Å²) in [7, 11) is 0. The number of anilines is 2. The molecule has 186 valence electrons. The SMILES string of the molecule is C=CC(=O)Nc1ccc(CSc2nc(N3CCC(NC(=O)CN)CC3)c(C#N)c(CC)c2C#N)cc1. The average molecular weight is 504 g/mol. The van der Waals surface area contributed by atoms with Crippen LogP contribution in [0.15, 0.2) is 41.9 Å². The van der Waals surface area contributed by atoms with Crippen LogP contribution in [-0.2, 0) is 21.8 Å². The minimum absolute atomic E-state index is 0.0391. The molecule has 1 aromatic heterocycles. The third kappa shape index (κ3) is 6.42. The number of carbonyl (C=O) groups is 2. The van der Waals surface area contributed by atoms with E-state index < -0.39 is 0 Å². The Morgan fingerprint density at radius 1 is 1.22 bits per heavy atom. The summed E-state index contributed by atoms with van der Waals surface area (Å²) < 4.78 is 0. The fourth-order valence-corrected chi connectivity index (χ4v) is 5.03. The number of amides is 2. The average Bonchev–Trinajstić information content (AvgIpc) is 2.91. The van der Waals surface area contributed by atoms with Crippen molar-refractivity contribution in [2.45, 2.75) is 43.0 Å². The molecule has 0 unspecified atom stereocenters. The zero-order valence-corrected chi connectivity index (χ0v) is 21.0. The highest BCUT2D eigenvalue weighted by Crippen LogP contribution is 2.34. The Balaban J connectivity index is 1.82. The molecule has 1 aliphatic heterocycles. The van der Waals surface area contributed by atoms with Crippen molar-refractivity contribution in [3.63, 3.8) is 0 Å². The van der Waals surface area contributed by atoms with Crippen LogP contribution in [0.2, 0.25) is 0 Å². The Bertz CT molecular complexity index is 1210. The molecule has 1 aliphatic rings. The molecule has 10 heteroatoms. The molecule has 4 N–H and O–H groups in total. The van der Waals surface area contributed by atoms with Gasteiger partial charge >= 0.3 is 0 Å². The van der Waals surface area contributed by atoms with Crippen LogP contribution in [-0.4, -0.2) is 42.5 Å². The van der Waals surface area contributed by atoms with Crippen molar-refractivity contribution < 1.29 is 9.59 Å². The lowest BCUT2D eigenvalue weighted by molar-refractivity contribution is -0.120. The minimum Gasteiger partial charge on any atom is -0.355 e. The summed E-state index contributed by atoms with van der Waals surface area (Å²) in [6.45, 7) is 6.60. The highest BCUT2D eigenvalue weighted by atomic mass is 32.2. The molecule has 1 fully saturated rings. The first-order valence-corrected chi connectivity index (χ1v) is 12.7. The number of benzene rings is 1. The van der Waals surface area contributed by atoms with Gasteiger partial charge in [0, 0.05) is 30.6 Å². The Morgan fingerprint density at radius 3 is 2.44 bits per heavy atom. The zero-order valence-electron chi connectivity index (χ0n) is 20.2. The van der Waals surface area contributed by atoms with E-state index in [4.69, 9.17) is 10.7 Å². The minimum atomic E-state index is -0.275. The summed E-state index contributed by atoms with van der Waals surface area (Å²) >= 11 is 1.44. The Hall–Kier alpha value is -3.86. The number of piperidine rings is 1. The van der Waals surface area contributed by atoms with E-state index in [0.717, 1.165) is 18.4 Å². The summed E-state index contributed by atoms with van der Waals surface area (Å²) in [6.07, 6.45) is 3.19. The summed E-state index contributed by atoms with van der Waals surface area (Å²) in [5.74, 6) is 0.703. The van der Waals surface area contributed by atoms with E-state index in [2.05, 4.69) is 34.3 Å². The predicted octanol–water partition coefficient (Wildman–Crippen LogP) is 2.85. The van der Waals surface area contributed by atoms with Crippen LogP contribution in [0.25, 0.3) is 0 Å². The molecular formula is C26H29N7O2S. The number of aromatic nitrogens is 1. The molecule has 2 heterocycles. The van der Waals surface area contributed by atoms with Crippen molar-refractivity contribution in [1.82, 2.24) is 10.3 Å². The van der Waals surface area contributed by atoms with Gasteiger partial charge in [-0.3, -0.25) is 9.59 Å². The van der Waals surface area contributed by atoms with Crippen LogP contribution >= 0.6 is 11.8 Å². The van der Waals surface area contributed by atoms with Crippen LogP contribution in [0.4, 0.5) is 11.5 Å². The lowest BCUT2D eigenvalue weighted by Gasteiger charge is -2.34.